The van der Waals surface area contributed by atoms with Crippen LogP contribution in [0.1, 0.15) is 55.1 Å². The number of alkyl halides is 3. The number of nitrogens with one attached hydrogen (secondary N) is 2. The predicted molar refractivity (Wildman–Crippen MR) is 119 cm³/mol. The lowest BCUT2D eigenvalue weighted by molar-refractivity contribution is -0.431. The van der Waals surface area contributed by atoms with E-state index < -0.39 is 29.3 Å². The fourth-order valence-corrected chi connectivity index (χ4v) is 3.28. The maximum Gasteiger partial charge on any atom is 0.416 e. The van der Waals surface area contributed by atoms with Crippen molar-refractivity contribution in [3.8, 4) is 0 Å². The summed E-state index contributed by atoms with van der Waals surface area (Å²) in [6.07, 6.45) is -2.93. The Kier molecular flexibility index (Phi) is 7.51. The molecule has 0 aromatic heterocycles. The van der Waals surface area contributed by atoms with Crippen LogP contribution >= 0.6 is 0 Å². The van der Waals surface area contributed by atoms with Gasteiger partial charge in [-0.2, -0.15) is 13.2 Å². The first-order chi connectivity index (χ1) is 16.0. The van der Waals surface area contributed by atoms with Crippen LogP contribution in [0.25, 0.3) is 5.70 Å². The second-order valence-corrected chi connectivity index (χ2v) is 8.00. The number of nitrogens with zero attached hydrogens (tertiary/aromatic N) is 2. The molecule has 3 rings (SSSR count). The first-order valence-electron chi connectivity index (χ1n) is 10.7. The van der Waals surface area contributed by atoms with E-state index in [9.17, 15) is 26.7 Å². The van der Waals surface area contributed by atoms with Crippen LogP contribution in [0.3, 0.4) is 0 Å². The first kappa shape index (κ1) is 25.1. The summed E-state index contributed by atoms with van der Waals surface area (Å²) in [5.74, 6) is 0.0372. The number of fused-ring (bicyclic) bond motifs is 1. The summed E-state index contributed by atoms with van der Waals surface area (Å²) in [6.45, 7) is 5.94. The number of aliphatic imine (C=N–C) groups is 1. The van der Waals surface area contributed by atoms with Gasteiger partial charge in [-0.25, -0.2) is 13.8 Å². The molecule has 0 radical (unpaired) electrons. The SMILES string of the molecule is CCCC[N+]1=C=C(NC(=NC(C)C)NC(=O)c2ccc(F)c(F)c2)c2ccc(C(F)(F)F)cc21. The number of carbonyl (C=O) groups excluding carboxylic acids is 1. The van der Waals surface area contributed by atoms with E-state index >= 15 is 0 Å². The zero-order valence-corrected chi connectivity index (χ0v) is 18.9. The highest BCUT2D eigenvalue weighted by atomic mass is 19.4. The standard InChI is InChI=1S/C24H23F5N4O/c1-4-5-10-33-13-20(17-8-7-16(12-21(17)33)24(27,28)29)31-23(30-14(2)3)32-22(34)15-6-9-18(25)19(26)11-15/h6-9,11-12,14H,4-5,10H2,1-3H3,(H-,30,31,32,34)/p+1. The Morgan fingerprint density at radius 1 is 1.12 bits per heavy atom. The van der Waals surface area contributed by atoms with Crippen molar-refractivity contribution in [2.24, 2.45) is 4.99 Å². The van der Waals surface area contributed by atoms with E-state index in [4.69, 9.17) is 0 Å². The number of halogens is 5. The van der Waals surface area contributed by atoms with Crippen LogP contribution in [0.2, 0.25) is 0 Å². The van der Waals surface area contributed by atoms with E-state index in [2.05, 4.69) is 21.5 Å². The topological polar surface area (TPSA) is 56.5 Å². The van der Waals surface area contributed by atoms with Crippen LogP contribution in [-0.4, -0.2) is 34.9 Å². The molecule has 2 N–H and O–H groups in total. The van der Waals surface area contributed by atoms with Crippen molar-refractivity contribution in [1.82, 2.24) is 10.6 Å². The number of hydrogen-bond donors (Lipinski definition) is 2. The molecule has 34 heavy (non-hydrogen) atoms. The highest BCUT2D eigenvalue weighted by Gasteiger charge is 2.35. The molecule has 0 fully saturated rings. The van der Waals surface area contributed by atoms with Gasteiger partial charge < -0.3 is 5.32 Å². The van der Waals surface area contributed by atoms with Gasteiger partial charge >= 0.3 is 6.18 Å². The average molecular weight is 479 g/mol. The van der Waals surface area contributed by atoms with Gasteiger partial charge in [0.2, 0.25) is 17.5 Å². The average Bonchev–Trinajstić information content (AvgIpc) is 3.09. The Morgan fingerprint density at radius 3 is 2.47 bits per heavy atom. The molecule has 1 aliphatic rings. The Bertz CT molecular complexity index is 1190. The quantitative estimate of drug-likeness (QED) is 0.258. The largest absolute Gasteiger partial charge is 0.416 e. The number of guanidine groups is 1. The van der Waals surface area contributed by atoms with Crippen molar-refractivity contribution >= 4 is 29.1 Å². The number of benzene rings is 2. The number of amides is 1. The molecule has 0 bridgehead atoms. The molecule has 1 amide bonds. The molecule has 0 atom stereocenters. The van der Waals surface area contributed by atoms with Crippen LogP contribution in [-0.2, 0) is 6.18 Å². The van der Waals surface area contributed by atoms with Crippen molar-refractivity contribution in [3.63, 3.8) is 0 Å². The number of unbranched alkanes of at least 4 members (excludes halogenated alkanes) is 1. The third kappa shape index (κ3) is 5.88. The molecule has 1 aliphatic heterocycles. The lowest BCUT2D eigenvalue weighted by Crippen LogP contribution is -2.41. The molecular weight excluding hydrogens is 455 g/mol. The minimum absolute atomic E-state index is 0.00424. The van der Waals surface area contributed by atoms with Gasteiger partial charge in [-0.3, -0.25) is 10.1 Å². The molecule has 10 heteroatoms. The second-order valence-electron chi connectivity index (χ2n) is 8.00. The Morgan fingerprint density at radius 2 is 1.85 bits per heavy atom. The predicted octanol–water partition coefficient (Wildman–Crippen LogP) is 5.24. The van der Waals surface area contributed by atoms with Crippen LogP contribution in [0, 0.1) is 11.6 Å². The summed E-state index contributed by atoms with van der Waals surface area (Å²) in [6, 6.07) is 5.84. The molecule has 0 saturated carbocycles. The van der Waals surface area contributed by atoms with E-state index in [0.717, 1.165) is 43.2 Å². The Labute approximate surface area is 193 Å². The van der Waals surface area contributed by atoms with E-state index in [1.165, 1.54) is 6.07 Å². The normalized spacial score (nSPS) is 13.5. The van der Waals surface area contributed by atoms with Gasteiger partial charge in [-0.1, -0.05) is 13.3 Å². The number of rotatable bonds is 6. The number of hydrogen-bond acceptors (Lipinski definition) is 2. The maximum absolute atomic E-state index is 13.5. The zero-order chi connectivity index (χ0) is 25.0. The van der Waals surface area contributed by atoms with Crippen molar-refractivity contribution < 1.29 is 31.3 Å². The van der Waals surface area contributed by atoms with Crippen LogP contribution in [0.4, 0.5) is 27.6 Å². The molecule has 2 aromatic rings. The first-order valence-corrected chi connectivity index (χ1v) is 10.7. The molecule has 1 heterocycles. The van der Waals surface area contributed by atoms with Gasteiger partial charge in [0, 0.05) is 24.1 Å². The summed E-state index contributed by atoms with van der Waals surface area (Å²) in [5.41, 5.74) is 0.217. The Balaban J connectivity index is 1.93. The van der Waals surface area contributed by atoms with Gasteiger partial charge in [-0.05, 0) is 44.2 Å². The van der Waals surface area contributed by atoms with Crippen LogP contribution < -0.4 is 10.6 Å². The summed E-state index contributed by atoms with van der Waals surface area (Å²) >= 11 is 0. The molecule has 180 valence electrons. The van der Waals surface area contributed by atoms with Crippen LogP contribution in [0.15, 0.2) is 41.4 Å². The molecule has 2 aromatic carbocycles. The van der Waals surface area contributed by atoms with Crippen molar-refractivity contribution in [1.29, 1.82) is 0 Å². The monoisotopic (exact) mass is 479 g/mol. The van der Waals surface area contributed by atoms with Crippen molar-refractivity contribution in [3.05, 3.63) is 64.7 Å². The molecule has 0 saturated heterocycles. The van der Waals surface area contributed by atoms with E-state index in [-0.39, 0.29) is 17.6 Å². The molecule has 0 unspecified atom stereocenters. The van der Waals surface area contributed by atoms with Gasteiger partial charge in [-0.15, -0.1) is 4.58 Å². The van der Waals surface area contributed by atoms with Crippen molar-refractivity contribution in [2.45, 2.75) is 45.8 Å². The minimum atomic E-state index is -4.50. The fraction of sp³-hybridized carbons (Fsp3) is 0.333. The fourth-order valence-electron chi connectivity index (χ4n) is 3.28. The van der Waals surface area contributed by atoms with E-state index in [0.29, 0.717) is 23.5 Å². The minimum Gasteiger partial charge on any atom is -0.314 e. The highest BCUT2D eigenvalue weighted by Crippen LogP contribution is 2.36. The maximum atomic E-state index is 13.5. The van der Waals surface area contributed by atoms with Gasteiger partial charge in [0.05, 0.1) is 11.1 Å². The van der Waals surface area contributed by atoms with Gasteiger partial charge in [0.15, 0.2) is 23.9 Å². The second kappa shape index (κ2) is 10.2. The van der Waals surface area contributed by atoms with E-state index in [1.807, 2.05) is 6.92 Å². The molecule has 5 nitrogen and oxygen atoms in total. The summed E-state index contributed by atoms with van der Waals surface area (Å²) < 4.78 is 68.1. The third-order valence-electron chi connectivity index (χ3n) is 4.91. The van der Waals surface area contributed by atoms with E-state index in [1.54, 1.807) is 18.4 Å². The van der Waals surface area contributed by atoms with Crippen molar-refractivity contribution in [2.75, 3.05) is 6.54 Å². The molecule has 0 aliphatic carbocycles. The van der Waals surface area contributed by atoms with Gasteiger partial charge in [0.25, 0.3) is 5.91 Å². The van der Waals surface area contributed by atoms with Crippen LogP contribution in [0.5, 0.6) is 0 Å². The summed E-state index contributed by atoms with van der Waals surface area (Å²) in [4.78, 5) is 16.9. The zero-order valence-electron chi connectivity index (χ0n) is 18.9. The summed E-state index contributed by atoms with van der Waals surface area (Å²) in [7, 11) is 0. The lowest BCUT2D eigenvalue weighted by Gasteiger charge is -2.13. The smallest absolute Gasteiger partial charge is 0.314 e. The third-order valence-corrected chi connectivity index (χ3v) is 4.91. The highest BCUT2D eigenvalue weighted by molar-refractivity contribution is 6.10. The molecular formula is C24H24F5N4O+. The number of carbonyl (C=O) groups is 1. The Hall–Kier alpha value is -3.52. The van der Waals surface area contributed by atoms with Gasteiger partial charge in [0.1, 0.15) is 0 Å². The molecule has 0 spiro atoms. The lowest BCUT2D eigenvalue weighted by atomic mass is 10.1. The summed E-state index contributed by atoms with van der Waals surface area (Å²) in [5, 5.41) is 5.44.